The Kier molecular flexibility index (Phi) is 6.03. The fraction of sp³-hybridized carbons (Fsp3) is 0. The molecule has 0 N–H and O–H groups in total. The van der Waals surface area contributed by atoms with Crippen molar-refractivity contribution >= 4 is 70.5 Å². The highest BCUT2D eigenvalue weighted by atomic mass is 32.1. The summed E-state index contributed by atoms with van der Waals surface area (Å²) in [5.41, 5.74) is 9.78. The highest BCUT2D eigenvalue weighted by Crippen LogP contribution is 2.47. The zero-order chi connectivity index (χ0) is 29.7. The summed E-state index contributed by atoms with van der Waals surface area (Å²) in [5, 5.41) is 4.76. The van der Waals surface area contributed by atoms with Gasteiger partial charge in [0.15, 0.2) is 5.58 Å². The Morgan fingerprint density at radius 1 is 0.422 bits per heavy atom. The van der Waals surface area contributed by atoms with Crippen LogP contribution in [0.5, 0.6) is 0 Å². The van der Waals surface area contributed by atoms with Crippen molar-refractivity contribution in [2.75, 3.05) is 4.90 Å². The lowest BCUT2D eigenvalue weighted by atomic mass is 9.99. The second-order valence-corrected chi connectivity index (χ2v) is 12.4. The number of benzene rings is 7. The third-order valence-electron chi connectivity index (χ3n) is 8.68. The van der Waals surface area contributed by atoms with E-state index in [4.69, 9.17) is 4.42 Å². The molecular weight excluding hydrogens is 567 g/mol. The van der Waals surface area contributed by atoms with Crippen LogP contribution in [-0.4, -0.2) is 0 Å². The molecule has 45 heavy (non-hydrogen) atoms. The van der Waals surface area contributed by atoms with Gasteiger partial charge < -0.3 is 9.32 Å². The van der Waals surface area contributed by atoms with E-state index in [1.807, 2.05) is 17.4 Å². The summed E-state index contributed by atoms with van der Waals surface area (Å²) in [5.74, 6) is 0. The molecule has 0 amide bonds. The van der Waals surface area contributed by atoms with Gasteiger partial charge in [0.05, 0.1) is 11.4 Å². The maximum atomic E-state index is 6.62. The van der Waals surface area contributed by atoms with Crippen molar-refractivity contribution in [2.45, 2.75) is 0 Å². The monoisotopic (exact) mass is 593 g/mol. The maximum absolute atomic E-state index is 6.62. The van der Waals surface area contributed by atoms with Crippen molar-refractivity contribution in [1.82, 2.24) is 0 Å². The predicted octanol–water partition coefficient (Wildman–Crippen LogP) is 12.8. The number of anilines is 3. The summed E-state index contributed by atoms with van der Waals surface area (Å²) in [6, 6.07) is 58.4. The van der Waals surface area contributed by atoms with Crippen molar-refractivity contribution in [2.24, 2.45) is 0 Å². The van der Waals surface area contributed by atoms with Crippen molar-refractivity contribution in [3.05, 3.63) is 164 Å². The Balaban J connectivity index is 1.27. The molecule has 0 radical (unpaired) electrons. The normalized spacial score (nSPS) is 11.6. The quantitative estimate of drug-likeness (QED) is 0.197. The number of hydrogen-bond acceptors (Lipinski definition) is 3. The summed E-state index contributed by atoms with van der Waals surface area (Å²) in [7, 11) is 0. The topological polar surface area (TPSA) is 16.4 Å². The van der Waals surface area contributed by atoms with E-state index in [1.54, 1.807) is 0 Å². The van der Waals surface area contributed by atoms with Crippen LogP contribution in [0.1, 0.15) is 0 Å². The lowest BCUT2D eigenvalue weighted by Crippen LogP contribution is -2.10. The lowest BCUT2D eigenvalue weighted by molar-refractivity contribution is 0.669. The first-order valence-corrected chi connectivity index (χ1v) is 16.0. The van der Waals surface area contributed by atoms with Gasteiger partial charge >= 0.3 is 0 Å². The highest BCUT2D eigenvalue weighted by molar-refractivity contribution is 7.26. The van der Waals surface area contributed by atoms with Crippen molar-refractivity contribution in [3.8, 4) is 22.3 Å². The summed E-state index contributed by atoms with van der Waals surface area (Å²) in [6.07, 6.45) is 0. The third-order valence-corrected chi connectivity index (χ3v) is 9.81. The molecule has 0 atom stereocenters. The number of hydrogen-bond donors (Lipinski definition) is 0. The van der Waals surface area contributed by atoms with Crippen molar-refractivity contribution < 1.29 is 4.42 Å². The molecule has 0 unspecified atom stereocenters. The minimum atomic E-state index is 0.882. The molecule has 9 aromatic rings. The highest BCUT2D eigenvalue weighted by Gasteiger charge is 2.22. The van der Waals surface area contributed by atoms with Gasteiger partial charge in [0.2, 0.25) is 0 Å². The van der Waals surface area contributed by atoms with Crippen molar-refractivity contribution in [1.29, 1.82) is 0 Å². The van der Waals surface area contributed by atoms with Gasteiger partial charge in [0, 0.05) is 36.6 Å². The molecule has 0 bridgehead atoms. The van der Waals surface area contributed by atoms with Crippen LogP contribution in [-0.2, 0) is 0 Å². The number of fused-ring (bicyclic) bond motifs is 6. The minimum absolute atomic E-state index is 0.882. The largest absolute Gasteiger partial charge is 0.454 e. The van der Waals surface area contributed by atoms with E-state index in [2.05, 4.69) is 163 Å². The number of nitrogens with zero attached hydrogens (tertiary/aromatic N) is 1. The van der Waals surface area contributed by atoms with Crippen LogP contribution in [0.2, 0.25) is 0 Å². The Morgan fingerprint density at radius 2 is 1.02 bits per heavy atom. The average molecular weight is 594 g/mol. The van der Waals surface area contributed by atoms with Crippen molar-refractivity contribution in [3.63, 3.8) is 0 Å². The average Bonchev–Trinajstić information content (AvgIpc) is 3.69. The van der Waals surface area contributed by atoms with Crippen LogP contribution in [0.15, 0.2) is 168 Å². The SMILES string of the molecule is c1ccc(-c2ccc(-c3cccc(N(c4cccc5c4oc4ccccc45)c4cccc5sc6ccccc6c45)c3)cc2)cc1. The fourth-order valence-corrected chi connectivity index (χ4v) is 7.70. The van der Waals surface area contributed by atoms with Gasteiger partial charge in [-0.1, -0.05) is 121 Å². The van der Waals surface area contributed by atoms with Gasteiger partial charge in [-0.25, -0.2) is 0 Å². The van der Waals surface area contributed by atoms with E-state index < -0.39 is 0 Å². The molecule has 0 spiro atoms. The molecule has 0 saturated carbocycles. The van der Waals surface area contributed by atoms with Crippen LogP contribution in [0.4, 0.5) is 17.1 Å². The first-order valence-electron chi connectivity index (χ1n) is 15.2. The summed E-state index contributed by atoms with van der Waals surface area (Å²) in [6.45, 7) is 0. The van der Waals surface area contributed by atoms with Crippen LogP contribution < -0.4 is 4.90 Å². The van der Waals surface area contributed by atoms with E-state index in [0.717, 1.165) is 44.6 Å². The van der Waals surface area contributed by atoms with E-state index in [1.165, 1.54) is 36.9 Å². The smallest absolute Gasteiger partial charge is 0.159 e. The summed E-state index contributed by atoms with van der Waals surface area (Å²) < 4.78 is 9.17. The van der Waals surface area contributed by atoms with Gasteiger partial charge in [-0.15, -0.1) is 11.3 Å². The molecule has 7 aromatic carbocycles. The molecule has 212 valence electrons. The Hall–Kier alpha value is -5.64. The summed E-state index contributed by atoms with van der Waals surface area (Å²) in [4.78, 5) is 2.38. The Labute approximate surface area is 265 Å². The second-order valence-electron chi connectivity index (χ2n) is 11.3. The molecule has 0 aliphatic rings. The number of furan rings is 1. The molecule has 9 rings (SSSR count). The van der Waals surface area contributed by atoms with Crippen LogP contribution in [0, 0.1) is 0 Å². The molecule has 0 fully saturated rings. The first kappa shape index (κ1) is 25.8. The van der Waals surface area contributed by atoms with Crippen LogP contribution in [0.25, 0.3) is 64.4 Å². The fourth-order valence-electron chi connectivity index (χ4n) is 6.57. The number of para-hydroxylation sites is 2. The van der Waals surface area contributed by atoms with E-state index in [-0.39, 0.29) is 0 Å². The zero-order valence-corrected chi connectivity index (χ0v) is 25.2. The van der Waals surface area contributed by atoms with E-state index in [9.17, 15) is 0 Å². The molecule has 0 aliphatic carbocycles. The molecular formula is C42H27NOS. The standard InChI is InChI=1S/C42H27NOS/c1-2-11-28(12-3-1)29-23-25-30(26-24-29)31-13-8-14-32(27-31)43(36-18-10-22-40-41(36)35-16-5-7-21-39(35)45-40)37-19-9-17-34-33-15-4-6-20-38(33)44-42(34)37/h1-27H. The molecule has 3 heteroatoms. The molecule has 2 nitrogen and oxygen atoms in total. The molecule has 0 saturated heterocycles. The molecule has 2 aromatic heterocycles. The number of thiophene rings is 1. The predicted molar refractivity (Wildman–Crippen MR) is 192 cm³/mol. The van der Waals surface area contributed by atoms with Gasteiger partial charge in [-0.3, -0.25) is 0 Å². The van der Waals surface area contributed by atoms with E-state index >= 15 is 0 Å². The van der Waals surface area contributed by atoms with Gasteiger partial charge in [0.25, 0.3) is 0 Å². The van der Waals surface area contributed by atoms with Crippen LogP contribution >= 0.6 is 11.3 Å². The second kappa shape index (κ2) is 10.5. The lowest BCUT2D eigenvalue weighted by Gasteiger charge is -2.27. The molecule has 0 aliphatic heterocycles. The minimum Gasteiger partial charge on any atom is -0.454 e. The maximum Gasteiger partial charge on any atom is 0.159 e. The summed E-state index contributed by atoms with van der Waals surface area (Å²) >= 11 is 1.84. The Bertz CT molecular complexity index is 2490. The number of rotatable bonds is 5. The van der Waals surface area contributed by atoms with Crippen LogP contribution in [0.3, 0.4) is 0 Å². The Morgan fingerprint density at radius 3 is 1.89 bits per heavy atom. The first-order chi connectivity index (χ1) is 22.3. The van der Waals surface area contributed by atoms with Gasteiger partial charge in [0.1, 0.15) is 5.58 Å². The van der Waals surface area contributed by atoms with Gasteiger partial charge in [-0.05, 0) is 64.7 Å². The molecule has 2 heterocycles. The van der Waals surface area contributed by atoms with Gasteiger partial charge in [-0.2, -0.15) is 0 Å². The van der Waals surface area contributed by atoms with E-state index in [0.29, 0.717) is 0 Å². The zero-order valence-electron chi connectivity index (χ0n) is 24.4. The third kappa shape index (κ3) is 4.32.